The van der Waals surface area contributed by atoms with Gasteiger partial charge in [-0.25, -0.2) is 0 Å². The Kier molecular flexibility index (Phi) is 43.3. The van der Waals surface area contributed by atoms with Crippen molar-refractivity contribution in [3.05, 3.63) is 0 Å². The van der Waals surface area contributed by atoms with Crippen LogP contribution in [0.25, 0.3) is 0 Å². The second kappa shape index (κ2) is 12.9. The first-order chi connectivity index (χ1) is 2.00. The van der Waals surface area contributed by atoms with Gasteiger partial charge in [-0.05, 0) is 0 Å². The van der Waals surface area contributed by atoms with E-state index < -0.39 is 7.82 Å². The van der Waals surface area contributed by atoms with Gasteiger partial charge in [0.15, 0.2) is 0 Å². The molecule has 0 unspecified atom stereocenters. The molecule has 0 N–H and O–H groups in total. The van der Waals surface area contributed by atoms with Crippen molar-refractivity contribution in [1.29, 1.82) is 0 Å². The Hall–Kier alpha value is 2.23. The maximum absolute atomic E-state index is 8.55. The Morgan fingerprint density at radius 1 is 1.11 bits per heavy atom. The first-order valence-corrected chi connectivity index (χ1v) is 2.19. The van der Waals surface area contributed by atoms with Crippen molar-refractivity contribution in [3.63, 3.8) is 0 Å². The average molecular weight is 274 g/mol. The van der Waals surface area contributed by atoms with Crippen LogP contribution in [0.3, 0.4) is 0 Å². The van der Waals surface area contributed by atoms with Crippen LogP contribution in [0, 0.1) is 0 Å². The van der Waals surface area contributed by atoms with Gasteiger partial charge in [0.05, 0.1) is 0 Å². The van der Waals surface area contributed by atoms with E-state index in [-0.39, 0.29) is 69.2 Å². The molecular weight excluding hydrogens is 274 g/mol. The second-order valence-electron chi connectivity index (χ2n) is 0.447. The molecule has 0 aliphatic carbocycles. The molecule has 0 spiro atoms. The van der Waals surface area contributed by atoms with E-state index in [1.807, 2.05) is 0 Å². The zero-order valence-electron chi connectivity index (χ0n) is 4.11. The van der Waals surface area contributed by atoms with E-state index in [1.165, 1.54) is 0 Å². The summed E-state index contributed by atoms with van der Waals surface area (Å²) >= 11 is 0. The standard InChI is InChI=1S/Co.Li.Mn.Ni.H3O4P/c;;;;1-5(2,3)4/h;;;;(H3,1,2,3,4)/q+2;+1;2*+2;/p-3. The van der Waals surface area contributed by atoms with Crippen molar-refractivity contribution < 1.29 is 88.4 Å². The van der Waals surface area contributed by atoms with Gasteiger partial charge in [-0.1, -0.05) is 0 Å². The Labute approximate surface area is 95.6 Å². The predicted molar refractivity (Wildman–Crippen MR) is 7.61 cm³/mol. The predicted octanol–water partition coefficient (Wildman–Crippen LogP) is -5.83. The Bertz CT molecular complexity index is 66.7. The van der Waals surface area contributed by atoms with Crippen molar-refractivity contribution in [2.45, 2.75) is 0 Å². The third kappa shape index (κ3) is 140. The molecule has 4 nitrogen and oxygen atoms in total. The number of phosphoric acid groups is 1. The quantitative estimate of drug-likeness (QED) is 0.325. The van der Waals surface area contributed by atoms with Crippen molar-refractivity contribution in [2.75, 3.05) is 0 Å². The number of hydrogen-bond acceptors (Lipinski definition) is 4. The Morgan fingerprint density at radius 2 is 1.11 bits per heavy atom. The zero-order chi connectivity index (χ0) is 4.50. The van der Waals surface area contributed by atoms with Crippen LogP contribution in [0.15, 0.2) is 0 Å². The molecule has 0 atom stereocenters. The third-order valence-electron chi connectivity index (χ3n) is 0. The van der Waals surface area contributed by atoms with E-state index >= 15 is 0 Å². The molecule has 0 bridgehead atoms. The van der Waals surface area contributed by atoms with Gasteiger partial charge < -0.3 is 19.2 Å². The minimum absolute atomic E-state index is 0. The van der Waals surface area contributed by atoms with Crippen molar-refractivity contribution in [1.82, 2.24) is 0 Å². The molecule has 0 aliphatic heterocycles. The molecule has 52 valence electrons. The minimum Gasteiger partial charge on any atom is -0.822 e. The van der Waals surface area contributed by atoms with Gasteiger partial charge in [0.2, 0.25) is 0 Å². The first kappa shape index (κ1) is 30.3. The fraction of sp³-hybridized carbons (Fsp3) is 0. The van der Waals surface area contributed by atoms with E-state index in [2.05, 4.69) is 0 Å². The van der Waals surface area contributed by atoms with Gasteiger partial charge in [-0.3, -0.25) is 0 Å². The van der Waals surface area contributed by atoms with E-state index in [4.69, 9.17) is 19.2 Å². The molecule has 0 aromatic rings. The van der Waals surface area contributed by atoms with Crippen molar-refractivity contribution >= 4 is 7.82 Å². The van der Waals surface area contributed by atoms with Crippen LogP contribution >= 0.6 is 7.82 Å². The Balaban J connectivity index is -0.0000000133. The molecule has 0 aromatic heterocycles. The van der Waals surface area contributed by atoms with Crippen LogP contribution in [-0.4, -0.2) is 0 Å². The van der Waals surface area contributed by atoms with Gasteiger partial charge in [0.25, 0.3) is 0 Å². The molecular formula is CoLiMnNiO4P+4. The molecule has 0 saturated heterocycles. The second-order valence-corrected chi connectivity index (χ2v) is 1.34. The van der Waals surface area contributed by atoms with E-state index in [1.54, 1.807) is 0 Å². The molecule has 0 saturated carbocycles. The topological polar surface area (TPSA) is 86.2 Å². The summed E-state index contributed by atoms with van der Waals surface area (Å²) in [5, 5.41) is 0. The molecule has 0 aromatic carbocycles. The fourth-order valence-corrected chi connectivity index (χ4v) is 0. The van der Waals surface area contributed by atoms with E-state index in [9.17, 15) is 0 Å². The minimum atomic E-state index is -5.39. The third-order valence-corrected chi connectivity index (χ3v) is 0. The zero-order valence-corrected chi connectivity index (χ0v) is 8.21. The van der Waals surface area contributed by atoms with E-state index in [0.29, 0.717) is 0 Å². The summed E-state index contributed by atoms with van der Waals surface area (Å²) in [7, 11) is -5.39. The largest absolute Gasteiger partial charge is 2.00 e. The molecule has 2 radical (unpaired) electrons. The van der Waals surface area contributed by atoms with Crippen LogP contribution < -0.4 is 33.5 Å². The summed E-state index contributed by atoms with van der Waals surface area (Å²) in [4.78, 5) is 25.6. The average Bonchev–Trinajstić information content (AvgIpc) is 0.722. The molecule has 9 heavy (non-hydrogen) atoms. The van der Waals surface area contributed by atoms with Crippen LogP contribution in [-0.2, 0) is 54.9 Å². The molecule has 0 aliphatic rings. The summed E-state index contributed by atoms with van der Waals surface area (Å²) in [6.07, 6.45) is 0. The number of rotatable bonds is 0. The summed E-state index contributed by atoms with van der Waals surface area (Å²) < 4.78 is 8.55. The maximum Gasteiger partial charge on any atom is 2.00 e. The van der Waals surface area contributed by atoms with Gasteiger partial charge >= 0.3 is 69.2 Å². The molecule has 0 rings (SSSR count). The monoisotopic (exact) mass is 274 g/mol. The maximum atomic E-state index is 8.55. The SMILES string of the molecule is O=P([O-])([O-])[O-].[Co+2].[Li+].[Mn+2].[Ni+2]. The number of hydrogen-bond donors (Lipinski definition) is 0. The Morgan fingerprint density at radius 3 is 1.11 bits per heavy atom. The molecule has 0 heterocycles. The molecule has 0 amide bonds. The van der Waals surface area contributed by atoms with Crippen molar-refractivity contribution in [2.24, 2.45) is 0 Å². The molecule has 0 fully saturated rings. The van der Waals surface area contributed by atoms with Crippen molar-refractivity contribution in [3.8, 4) is 0 Å². The van der Waals surface area contributed by atoms with Gasteiger partial charge in [0, 0.05) is 0 Å². The van der Waals surface area contributed by atoms with Crippen LogP contribution in [0.5, 0.6) is 0 Å². The van der Waals surface area contributed by atoms with Gasteiger partial charge in [-0.15, -0.1) is 0 Å². The normalized spacial score (nSPS) is 6.56. The summed E-state index contributed by atoms with van der Waals surface area (Å²) in [5.41, 5.74) is 0. The van der Waals surface area contributed by atoms with Gasteiger partial charge in [0.1, 0.15) is 0 Å². The van der Waals surface area contributed by atoms with Crippen LogP contribution in [0.4, 0.5) is 0 Å². The molecule has 9 heteroatoms. The van der Waals surface area contributed by atoms with Crippen LogP contribution in [0.1, 0.15) is 0 Å². The summed E-state index contributed by atoms with van der Waals surface area (Å²) in [6, 6.07) is 0. The van der Waals surface area contributed by atoms with E-state index in [0.717, 1.165) is 0 Å². The van der Waals surface area contributed by atoms with Gasteiger partial charge in [-0.2, -0.15) is 7.82 Å². The summed E-state index contributed by atoms with van der Waals surface area (Å²) in [5.74, 6) is 0. The van der Waals surface area contributed by atoms with Crippen LogP contribution in [0.2, 0.25) is 0 Å². The summed E-state index contributed by atoms with van der Waals surface area (Å²) in [6.45, 7) is 0. The first-order valence-electron chi connectivity index (χ1n) is 0.730. The fourth-order valence-electron chi connectivity index (χ4n) is 0. The smallest absolute Gasteiger partial charge is 0.822 e.